The Hall–Kier alpha value is -2.32. The highest BCUT2D eigenvalue weighted by molar-refractivity contribution is 7.99. The van der Waals surface area contributed by atoms with E-state index in [9.17, 15) is 4.79 Å². The molecule has 0 bridgehead atoms. The van der Waals surface area contributed by atoms with Crippen LogP contribution in [0.15, 0.2) is 58.8 Å². The molecule has 0 aliphatic rings. The third kappa shape index (κ3) is 4.21. The number of benzene rings is 1. The molecule has 1 amide bonds. The van der Waals surface area contributed by atoms with Crippen LogP contribution in [-0.2, 0) is 11.8 Å². The molecule has 128 valence electrons. The first-order valence-corrected chi connectivity index (χ1v) is 9.75. The number of carbonyl (C=O) groups excluding carboxylic acids is 1. The first kappa shape index (κ1) is 17.5. The van der Waals surface area contributed by atoms with E-state index in [1.807, 2.05) is 54.3 Å². The minimum atomic E-state index is -0.0695. The zero-order valence-corrected chi connectivity index (χ0v) is 15.5. The number of para-hydroxylation sites is 1. The lowest BCUT2D eigenvalue weighted by Gasteiger charge is -2.09. The van der Waals surface area contributed by atoms with Crippen molar-refractivity contribution in [1.29, 1.82) is 0 Å². The van der Waals surface area contributed by atoms with Gasteiger partial charge in [0.25, 0.3) is 0 Å². The normalized spacial score (nSPS) is 10.6. The second kappa shape index (κ2) is 8.17. The molecule has 25 heavy (non-hydrogen) atoms. The van der Waals surface area contributed by atoms with Gasteiger partial charge in [0.15, 0.2) is 11.0 Å². The monoisotopic (exact) mass is 371 g/mol. The van der Waals surface area contributed by atoms with Gasteiger partial charge in [0, 0.05) is 29.9 Å². The molecule has 2 heterocycles. The van der Waals surface area contributed by atoms with Gasteiger partial charge < -0.3 is 9.88 Å². The molecule has 8 heteroatoms. The number of rotatable bonds is 6. The van der Waals surface area contributed by atoms with Crippen LogP contribution in [0.1, 0.15) is 0 Å². The molecule has 0 saturated carbocycles. The third-order valence-electron chi connectivity index (χ3n) is 3.49. The van der Waals surface area contributed by atoms with Crippen LogP contribution in [0.5, 0.6) is 0 Å². The van der Waals surface area contributed by atoms with Gasteiger partial charge >= 0.3 is 0 Å². The molecule has 3 aromatic rings. The lowest BCUT2D eigenvalue weighted by Crippen LogP contribution is -2.15. The van der Waals surface area contributed by atoms with E-state index in [2.05, 4.69) is 20.5 Å². The third-order valence-corrected chi connectivity index (χ3v) is 5.30. The zero-order valence-electron chi connectivity index (χ0n) is 13.8. The molecular formula is C17H17N5OS2. The van der Waals surface area contributed by atoms with E-state index in [0.29, 0.717) is 5.16 Å². The van der Waals surface area contributed by atoms with E-state index in [1.165, 1.54) is 11.8 Å². The number of aromatic nitrogens is 4. The Morgan fingerprint density at radius 2 is 1.92 bits per heavy atom. The van der Waals surface area contributed by atoms with E-state index >= 15 is 0 Å². The van der Waals surface area contributed by atoms with Gasteiger partial charge in [-0.15, -0.1) is 22.0 Å². The van der Waals surface area contributed by atoms with Crippen LogP contribution in [0.3, 0.4) is 0 Å². The van der Waals surface area contributed by atoms with Crippen molar-refractivity contribution < 1.29 is 4.79 Å². The lowest BCUT2D eigenvalue weighted by molar-refractivity contribution is -0.113. The SMILES string of the molecule is CSc1ccccc1NC(=O)CSc1nnc(-c2ccncc2)n1C. The fraction of sp³-hybridized carbons (Fsp3) is 0.176. The highest BCUT2D eigenvalue weighted by atomic mass is 32.2. The number of pyridine rings is 1. The average Bonchev–Trinajstić information content (AvgIpc) is 3.02. The molecule has 1 N–H and O–H groups in total. The first-order valence-electron chi connectivity index (χ1n) is 7.54. The van der Waals surface area contributed by atoms with Crippen molar-refractivity contribution in [2.45, 2.75) is 10.1 Å². The summed E-state index contributed by atoms with van der Waals surface area (Å²) < 4.78 is 1.88. The Labute approximate surface area is 154 Å². The summed E-state index contributed by atoms with van der Waals surface area (Å²) in [5, 5.41) is 12.0. The van der Waals surface area contributed by atoms with Gasteiger partial charge in [-0.3, -0.25) is 9.78 Å². The molecule has 2 aromatic heterocycles. The molecule has 3 rings (SSSR count). The lowest BCUT2D eigenvalue weighted by atomic mass is 10.2. The van der Waals surface area contributed by atoms with Crippen molar-refractivity contribution in [3.63, 3.8) is 0 Å². The van der Waals surface area contributed by atoms with E-state index in [-0.39, 0.29) is 11.7 Å². The van der Waals surface area contributed by atoms with Gasteiger partial charge in [-0.05, 0) is 30.5 Å². The van der Waals surface area contributed by atoms with Gasteiger partial charge in [-0.1, -0.05) is 23.9 Å². The van der Waals surface area contributed by atoms with Crippen LogP contribution in [-0.4, -0.2) is 37.7 Å². The number of thioether (sulfide) groups is 2. The summed E-state index contributed by atoms with van der Waals surface area (Å²) in [5.74, 6) is 0.948. The van der Waals surface area contributed by atoms with Crippen LogP contribution in [0.4, 0.5) is 5.69 Å². The number of carbonyl (C=O) groups is 1. The van der Waals surface area contributed by atoms with Crippen LogP contribution in [0.2, 0.25) is 0 Å². The molecule has 0 aliphatic carbocycles. The van der Waals surface area contributed by atoms with Crippen molar-refractivity contribution >= 4 is 35.1 Å². The molecule has 0 radical (unpaired) electrons. The quantitative estimate of drug-likeness (QED) is 0.670. The number of hydrogen-bond acceptors (Lipinski definition) is 6. The second-order valence-corrected chi connectivity index (χ2v) is 6.93. The predicted octanol–water partition coefficient (Wildman–Crippen LogP) is 3.33. The summed E-state index contributed by atoms with van der Waals surface area (Å²) in [4.78, 5) is 17.3. The van der Waals surface area contributed by atoms with Crippen LogP contribution in [0, 0.1) is 0 Å². The van der Waals surface area contributed by atoms with E-state index in [1.54, 1.807) is 24.2 Å². The van der Waals surface area contributed by atoms with Crippen LogP contribution >= 0.6 is 23.5 Å². The molecule has 1 aromatic carbocycles. The van der Waals surface area contributed by atoms with Crippen molar-refractivity contribution in [2.24, 2.45) is 7.05 Å². The summed E-state index contributed by atoms with van der Waals surface area (Å²) in [6.07, 6.45) is 5.42. The van der Waals surface area contributed by atoms with Crippen molar-refractivity contribution in [3.05, 3.63) is 48.8 Å². The summed E-state index contributed by atoms with van der Waals surface area (Å²) in [6.45, 7) is 0. The van der Waals surface area contributed by atoms with E-state index in [0.717, 1.165) is 22.0 Å². The molecular weight excluding hydrogens is 354 g/mol. The molecule has 6 nitrogen and oxygen atoms in total. The average molecular weight is 371 g/mol. The molecule has 0 unspecified atom stereocenters. The molecule has 0 saturated heterocycles. The molecule has 0 fully saturated rings. The maximum Gasteiger partial charge on any atom is 0.234 e. The maximum atomic E-state index is 12.2. The minimum absolute atomic E-state index is 0.0695. The fourth-order valence-corrected chi connectivity index (χ4v) is 3.52. The Morgan fingerprint density at radius 1 is 1.16 bits per heavy atom. The Kier molecular flexibility index (Phi) is 5.72. The van der Waals surface area contributed by atoms with Gasteiger partial charge in [-0.2, -0.15) is 0 Å². The fourth-order valence-electron chi connectivity index (χ4n) is 2.26. The number of hydrogen-bond donors (Lipinski definition) is 1. The van der Waals surface area contributed by atoms with Gasteiger partial charge in [-0.25, -0.2) is 0 Å². The maximum absolute atomic E-state index is 12.2. The first-order chi connectivity index (χ1) is 12.2. The summed E-state index contributed by atoms with van der Waals surface area (Å²) in [7, 11) is 1.89. The van der Waals surface area contributed by atoms with Crippen molar-refractivity contribution in [1.82, 2.24) is 19.7 Å². The Bertz CT molecular complexity index is 866. The van der Waals surface area contributed by atoms with Crippen molar-refractivity contribution in [2.75, 3.05) is 17.3 Å². The smallest absolute Gasteiger partial charge is 0.234 e. The van der Waals surface area contributed by atoms with Crippen LogP contribution in [0.25, 0.3) is 11.4 Å². The summed E-state index contributed by atoms with van der Waals surface area (Å²) in [6, 6.07) is 11.5. The standard InChI is InChI=1S/C17H17N5OS2/c1-22-16(12-7-9-18-10-8-12)20-21-17(22)25-11-15(23)19-13-5-3-4-6-14(13)24-2/h3-10H,11H2,1-2H3,(H,19,23). The number of amides is 1. The number of nitrogens with one attached hydrogen (secondary N) is 1. The predicted molar refractivity (Wildman–Crippen MR) is 102 cm³/mol. The summed E-state index contributed by atoms with van der Waals surface area (Å²) in [5.41, 5.74) is 1.77. The molecule has 0 aliphatic heterocycles. The Balaban J connectivity index is 1.64. The van der Waals surface area contributed by atoms with Gasteiger partial charge in [0.2, 0.25) is 5.91 Å². The molecule has 0 spiro atoms. The van der Waals surface area contributed by atoms with Gasteiger partial charge in [0.1, 0.15) is 0 Å². The zero-order chi connectivity index (χ0) is 17.6. The van der Waals surface area contributed by atoms with Gasteiger partial charge in [0.05, 0.1) is 11.4 Å². The largest absolute Gasteiger partial charge is 0.324 e. The molecule has 0 atom stereocenters. The highest BCUT2D eigenvalue weighted by Gasteiger charge is 2.13. The summed E-state index contributed by atoms with van der Waals surface area (Å²) >= 11 is 2.96. The highest BCUT2D eigenvalue weighted by Crippen LogP contribution is 2.26. The van der Waals surface area contributed by atoms with Crippen LogP contribution < -0.4 is 5.32 Å². The Morgan fingerprint density at radius 3 is 2.68 bits per heavy atom. The minimum Gasteiger partial charge on any atom is -0.324 e. The van der Waals surface area contributed by atoms with Crippen molar-refractivity contribution in [3.8, 4) is 11.4 Å². The number of nitrogens with zero attached hydrogens (tertiary/aromatic N) is 4. The van der Waals surface area contributed by atoms with E-state index < -0.39 is 0 Å². The van der Waals surface area contributed by atoms with E-state index in [4.69, 9.17) is 0 Å². The second-order valence-electron chi connectivity index (χ2n) is 5.14. The number of anilines is 1. The topological polar surface area (TPSA) is 72.7 Å².